The molecule has 1 atom stereocenters. The molecule has 2 aromatic carbocycles. The van der Waals surface area contributed by atoms with Gasteiger partial charge in [0.15, 0.2) is 6.33 Å². The van der Waals surface area contributed by atoms with Crippen LogP contribution in [0.25, 0.3) is 0 Å². The van der Waals surface area contributed by atoms with Crippen molar-refractivity contribution in [2.24, 2.45) is 0 Å². The zero-order chi connectivity index (χ0) is 14.8. The summed E-state index contributed by atoms with van der Waals surface area (Å²) in [5, 5.41) is 13.7. The van der Waals surface area contributed by atoms with Crippen LogP contribution in [-0.4, -0.2) is 20.2 Å². The van der Waals surface area contributed by atoms with E-state index in [9.17, 15) is 0 Å². The van der Waals surface area contributed by atoms with Crippen molar-refractivity contribution < 1.29 is 0 Å². The Kier molecular flexibility index (Phi) is 4.10. The number of nitrogens with zero attached hydrogens (tertiary/aromatic N) is 4. The molecule has 0 amide bonds. The van der Waals surface area contributed by atoms with Gasteiger partial charge in [-0.3, -0.25) is 0 Å². The molecule has 0 saturated heterocycles. The zero-order valence-corrected chi connectivity index (χ0v) is 12.9. The maximum atomic E-state index is 6.32. The van der Waals surface area contributed by atoms with Gasteiger partial charge in [0, 0.05) is 20.6 Å². The van der Waals surface area contributed by atoms with E-state index >= 15 is 0 Å². The molecule has 0 bridgehead atoms. The third kappa shape index (κ3) is 3.02. The first-order valence-electron chi connectivity index (χ1n) is 6.08. The third-order valence-electron chi connectivity index (χ3n) is 3.04. The summed E-state index contributed by atoms with van der Waals surface area (Å²) in [7, 11) is 0. The summed E-state index contributed by atoms with van der Waals surface area (Å²) in [6.07, 6.45) is 1.38. The molecule has 106 valence electrons. The molecule has 1 aromatic heterocycles. The smallest absolute Gasteiger partial charge is 0.152 e. The number of tetrazole rings is 1. The van der Waals surface area contributed by atoms with Crippen molar-refractivity contribution >= 4 is 34.8 Å². The quantitative estimate of drug-likeness (QED) is 0.715. The SMILES string of the molecule is Clc1ccc(C(c2ccc(Cl)cc2Cl)n2ncnn2)cc1. The Hall–Kier alpha value is -1.62. The molecule has 1 heterocycles. The van der Waals surface area contributed by atoms with Gasteiger partial charge < -0.3 is 0 Å². The molecule has 4 nitrogen and oxygen atoms in total. The molecule has 7 heteroatoms. The van der Waals surface area contributed by atoms with E-state index in [1.807, 2.05) is 30.3 Å². The van der Waals surface area contributed by atoms with E-state index < -0.39 is 0 Å². The highest BCUT2D eigenvalue weighted by Gasteiger charge is 2.21. The zero-order valence-electron chi connectivity index (χ0n) is 10.6. The third-order valence-corrected chi connectivity index (χ3v) is 3.85. The van der Waals surface area contributed by atoms with E-state index in [1.54, 1.807) is 12.1 Å². The second kappa shape index (κ2) is 6.02. The minimum absolute atomic E-state index is 0.297. The Labute approximate surface area is 136 Å². The van der Waals surface area contributed by atoms with Crippen LogP contribution < -0.4 is 0 Å². The van der Waals surface area contributed by atoms with Crippen molar-refractivity contribution in [1.29, 1.82) is 0 Å². The predicted octanol–water partition coefficient (Wildman–Crippen LogP) is 4.27. The number of hydrogen-bond donors (Lipinski definition) is 0. The van der Waals surface area contributed by atoms with Gasteiger partial charge in [-0.1, -0.05) is 53.0 Å². The van der Waals surface area contributed by atoms with E-state index in [0.717, 1.165) is 11.1 Å². The highest BCUT2D eigenvalue weighted by Crippen LogP contribution is 2.32. The van der Waals surface area contributed by atoms with Gasteiger partial charge in [-0.2, -0.15) is 4.80 Å². The lowest BCUT2D eigenvalue weighted by atomic mass is 9.99. The first-order chi connectivity index (χ1) is 10.1. The van der Waals surface area contributed by atoms with Crippen LogP contribution in [0.4, 0.5) is 0 Å². The summed E-state index contributed by atoms with van der Waals surface area (Å²) in [4.78, 5) is 1.50. The normalized spacial score (nSPS) is 12.3. The van der Waals surface area contributed by atoms with Gasteiger partial charge in [0.1, 0.15) is 6.04 Å². The molecular formula is C14H9Cl3N4. The summed E-state index contributed by atoms with van der Waals surface area (Å²) >= 11 is 18.2. The Bertz CT molecular complexity index is 741. The average Bonchev–Trinajstić information content (AvgIpc) is 2.97. The molecule has 0 aliphatic rings. The molecule has 0 saturated carbocycles. The van der Waals surface area contributed by atoms with Crippen LogP contribution in [-0.2, 0) is 0 Å². The maximum absolute atomic E-state index is 6.32. The molecule has 0 aliphatic heterocycles. The fourth-order valence-corrected chi connectivity index (χ4v) is 2.74. The highest BCUT2D eigenvalue weighted by atomic mass is 35.5. The van der Waals surface area contributed by atoms with Gasteiger partial charge in [0.25, 0.3) is 0 Å². The number of hydrogen-bond acceptors (Lipinski definition) is 3. The number of rotatable bonds is 3. The Morgan fingerprint density at radius 1 is 0.905 bits per heavy atom. The largest absolute Gasteiger partial charge is 0.162 e. The van der Waals surface area contributed by atoms with E-state index in [4.69, 9.17) is 34.8 Å². The lowest BCUT2D eigenvalue weighted by molar-refractivity contribution is 0.505. The highest BCUT2D eigenvalue weighted by molar-refractivity contribution is 6.35. The fraction of sp³-hybridized carbons (Fsp3) is 0.0714. The van der Waals surface area contributed by atoms with Crippen molar-refractivity contribution in [3.63, 3.8) is 0 Å². The van der Waals surface area contributed by atoms with Crippen LogP contribution in [0.2, 0.25) is 15.1 Å². The van der Waals surface area contributed by atoms with Crippen LogP contribution in [0.5, 0.6) is 0 Å². The van der Waals surface area contributed by atoms with Crippen molar-refractivity contribution in [2.45, 2.75) is 6.04 Å². The van der Waals surface area contributed by atoms with Gasteiger partial charge in [-0.15, -0.1) is 10.2 Å². The van der Waals surface area contributed by atoms with Gasteiger partial charge in [-0.25, -0.2) is 0 Å². The van der Waals surface area contributed by atoms with Crippen molar-refractivity contribution in [3.8, 4) is 0 Å². The summed E-state index contributed by atoms with van der Waals surface area (Å²) in [5.74, 6) is 0. The number of aromatic nitrogens is 4. The number of halogens is 3. The second-order valence-corrected chi connectivity index (χ2v) is 5.66. The first-order valence-corrected chi connectivity index (χ1v) is 7.21. The van der Waals surface area contributed by atoms with E-state index in [-0.39, 0.29) is 6.04 Å². The molecule has 21 heavy (non-hydrogen) atoms. The summed E-state index contributed by atoms with van der Waals surface area (Å²) < 4.78 is 0. The molecule has 0 aliphatic carbocycles. The Morgan fingerprint density at radius 2 is 1.62 bits per heavy atom. The second-order valence-electron chi connectivity index (χ2n) is 4.38. The Morgan fingerprint density at radius 3 is 2.24 bits per heavy atom. The molecule has 0 fully saturated rings. The van der Waals surface area contributed by atoms with Gasteiger partial charge in [0.2, 0.25) is 0 Å². The topological polar surface area (TPSA) is 43.6 Å². The molecule has 3 rings (SSSR count). The summed E-state index contributed by atoms with van der Waals surface area (Å²) in [5.41, 5.74) is 1.78. The minimum Gasteiger partial charge on any atom is -0.152 e. The molecular weight excluding hydrogens is 331 g/mol. The fourth-order valence-electron chi connectivity index (χ4n) is 2.10. The molecule has 0 N–H and O–H groups in total. The van der Waals surface area contributed by atoms with Crippen LogP contribution in [0.1, 0.15) is 17.2 Å². The van der Waals surface area contributed by atoms with E-state index in [2.05, 4.69) is 15.4 Å². The summed E-state index contributed by atoms with van der Waals surface area (Å²) in [6.45, 7) is 0. The Balaban J connectivity index is 2.15. The van der Waals surface area contributed by atoms with Gasteiger partial charge >= 0.3 is 0 Å². The van der Waals surface area contributed by atoms with Crippen molar-refractivity contribution in [3.05, 3.63) is 75.0 Å². The number of benzene rings is 2. The lowest BCUT2D eigenvalue weighted by Gasteiger charge is -2.18. The standard InChI is InChI=1S/C14H9Cl3N4/c15-10-3-1-9(2-4-10)14(21-19-8-18-20-21)12-6-5-11(16)7-13(12)17/h1-8,14H. The molecule has 0 spiro atoms. The summed E-state index contributed by atoms with van der Waals surface area (Å²) in [6, 6.07) is 12.5. The van der Waals surface area contributed by atoms with Crippen molar-refractivity contribution in [2.75, 3.05) is 0 Å². The van der Waals surface area contributed by atoms with Gasteiger partial charge in [0.05, 0.1) is 0 Å². The molecule has 1 unspecified atom stereocenters. The van der Waals surface area contributed by atoms with Crippen LogP contribution >= 0.6 is 34.8 Å². The van der Waals surface area contributed by atoms with Gasteiger partial charge in [-0.05, 0) is 35.0 Å². The average molecular weight is 340 g/mol. The minimum atomic E-state index is -0.297. The van der Waals surface area contributed by atoms with E-state index in [1.165, 1.54) is 11.1 Å². The molecule has 3 aromatic rings. The first kappa shape index (κ1) is 14.3. The predicted molar refractivity (Wildman–Crippen MR) is 83.0 cm³/mol. The lowest BCUT2D eigenvalue weighted by Crippen LogP contribution is -2.16. The van der Waals surface area contributed by atoms with Crippen LogP contribution in [0, 0.1) is 0 Å². The van der Waals surface area contributed by atoms with E-state index in [0.29, 0.717) is 15.1 Å². The maximum Gasteiger partial charge on any atom is 0.162 e. The monoisotopic (exact) mass is 338 g/mol. The van der Waals surface area contributed by atoms with Crippen LogP contribution in [0.15, 0.2) is 48.8 Å². The molecule has 0 radical (unpaired) electrons. The van der Waals surface area contributed by atoms with Crippen LogP contribution in [0.3, 0.4) is 0 Å². The van der Waals surface area contributed by atoms with Crippen molar-refractivity contribution in [1.82, 2.24) is 20.2 Å².